The van der Waals surface area contributed by atoms with Gasteiger partial charge in [0.25, 0.3) is 5.91 Å². The summed E-state index contributed by atoms with van der Waals surface area (Å²) < 4.78 is 12.6. The predicted octanol–water partition coefficient (Wildman–Crippen LogP) is 1.73. The first-order chi connectivity index (χ1) is 13.5. The summed E-state index contributed by atoms with van der Waals surface area (Å²) in [5.74, 6) is 1.21. The van der Waals surface area contributed by atoms with Gasteiger partial charge in [-0.05, 0) is 44.7 Å². The van der Waals surface area contributed by atoms with Crippen LogP contribution >= 0.6 is 0 Å². The highest BCUT2D eigenvalue weighted by molar-refractivity contribution is 5.92. The first-order valence-corrected chi connectivity index (χ1v) is 9.88. The number of nitrogens with zero attached hydrogens (tertiary/aromatic N) is 6. The highest BCUT2D eigenvalue weighted by Gasteiger charge is 2.47. The molecule has 9 heteroatoms. The van der Waals surface area contributed by atoms with Crippen LogP contribution in [0.15, 0.2) is 16.7 Å². The predicted molar refractivity (Wildman–Crippen MR) is 100 cm³/mol. The number of aromatic nitrogens is 4. The number of piperidine rings is 1. The molecule has 2 aliphatic heterocycles. The number of methoxy groups -OCH3 is 1. The number of hydrogen-bond acceptors (Lipinski definition) is 7. The van der Waals surface area contributed by atoms with E-state index in [2.05, 4.69) is 27.2 Å². The first kappa shape index (κ1) is 19.1. The van der Waals surface area contributed by atoms with Crippen molar-refractivity contribution in [1.82, 2.24) is 29.8 Å². The van der Waals surface area contributed by atoms with E-state index in [1.54, 1.807) is 11.8 Å². The van der Waals surface area contributed by atoms with Crippen LogP contribution in [0.3, 0.4) is 0 Å². The Labute approximate surface area is 164 Å². The molecule has 152 valence electrons. The molecule has 0 radical (unpaired) electrons. The SMILES string of the molecule is CCn1ccc(C(=O)N2CCC3(CC2)CC(c2nnc(COC)o2)N(C)C3)n1. The van der Waals surface area contributed by atoms with E-state index in [0.29, 0.717) is 24.1 Å². The van der Waals surface area contributed by atoms with Crippen molar-refractivity contribution in [3.05, 3.63) is 29.7 Å². The third-order valence-corrected chi connectivity index (χ3v) is 6.07. The second-order valence-electron chi connectivity index (χ2n) is 7.95. The van der Waals surface area contributed by atoms with Gasteiger partial charge >= 0.3 is 0 Å². The minimum Gasteiger partial charge on any atom is -0.421 e. The van der Waals surface area contributed by atoms with Gasteiger partial charge in [-0.1, -0.05) is 0 Å². The van der Waals surface area contributed by atoms with Crippen LogP contribution in [0.4, 0.5) is 0 Å². The first-order valence-electron chi connectivity index (χ1n) is 9.88. The summed E-state index contributed by atoms with van der Waals surface area (Å²) in [6, 6.07) is 1.93. The quantitative estimate of drug-likeness (QED) is 0.770. The lowest BCUT2D eigenvalue weighted by atomic mass is 9.76. The number of likely N-dealkylation sites (tertiary alicyclic amines) is 2. The van der Waals surface area contributed by atoms with Crippen molar-refractivity contribution in [3.63, 3.8) is 0 Å². The van der Waals surface area contributed by atoms with Gasteiger partial charge in [-0.25, -0.2) is 0 Å². The second-order valence-corrected chi connectivity index (χ2v) is 7.95. The molecule has 0 aromatic carbocycles. The molecular weight excluding hydrogens is 360 g/mol. The molecule has 2 aromatic rings. The molecule has 1 spiro atoms. The molecular formula is C19H28N6O3. The fourth-order valence-electron chi connectivity index (χ4n) is 4.49. The summed E-state index contributed by atoms with van der Waals surface area (Å²) in [6.45, 7) is 5.62. The van der Waals surface area contributed by atoms with Crippen LogP contribution in [0, 0.1) is 5.41 Å². The number of carbonyl (C=O) groups is 1. The van der Waals surface area contributed by atoms with E-state index in [1.165, 1.54) is 0 Å². The molecule has 1 unspecified atom stereocenters. The number of ether oxygens (including phenoxy) is 1. The summed E-state index contributed by atoms with van der Waals surface area (Å²) in [6.07, 6.45) is 4.79. The summed E-state index contributed by atoms with van der Waals surface area (Å²) in [7, 11) is 3.72. The molecule has 1 amide bonds. The van der Waals surface area contributed by atoms with Gasteiger partial charge in [0, 0.05) is 39.5 Å². The van der Waals surface area contributed by atoms with Crippen LogP contribution in [0.2, 0.25) is 0 Å². The second kappa shape index (κ2) is 7.63. The maximum Gasteiger partial charge on any atom is 0.274 e. The summed E-state index contributed by atoms with van der Waals surface area (Å²) in [5, 5.41) is 12.6. The highest BCUT2D eigenvalue weighted by atomic mass is 16.5. The van der Waals surface area contributed by atoms with Crippen molar-refractivity contribution in [2.24, 2.45) is 5.41 Å². The van der Waals surface area contributed by atoms with Crippen LogP contribution < -0.4 is 0 Å². The van der Waals surface area contributed by atoms with Crippen molar-refractivity contribution < 1.29 is 13.9 Å². The van der Waals surface area contributed by atoms with Gasteiger partial charge in [-0.2, -0.15) is 5.10 Å². The minimum atomic E-state index is 0.0334. The largest absolute Gasteiger partial charge is 0.421 e. The van der Waals surface area contributed by atoms with Crippen molar-refractivity contribution in [3.8, 4) is 0 Å². The maximum absolute atomic E-state index is 12.7. The Morgan fingerprint density at radius 1 is 1.36 bits per heavy atom. The lowest BCUT2D eigenvalue weighted by Crippen LogP contribution is -2.44. The average molecular weight is 388 g/mol. The van der Waals surface area contributed by atoms with E-state index in [4.69, 9.17) is 9.15 Å². The van der Waals surface area contributed by atoms with Crippen molar-refractivity contribution in [2.45, 2.75) is 45.4 Å². The van der Waals surface area contributed by atoms with Gasteiger partial charge < -0.3 is 14.1 Å². The minimum absolute atomic E-state index is 0.0334. The van der Waals surface area contributed by atoms with E-state index in [1.807, 2.05) is 24.1 Å². The summed E-state index contributed by atoms with van der Waals surface area (Å²) >= 11 is 0. The Morgan fingerprint density at radius 3 is 2.82 bits per heavy atom. The van der Waals surface area contributed by atoms with Crippen LogP contribution in [0.5, 0.6) is 0 Å². The zero-order chi connectivity index (χ0) is 19.7. The zero-order valence-corrected chi connectivity index (χ0v) is 16.8. The van der Waals surface area contributed by atoms with Gasteiger partial charge in [-0.3, -0.25) is 14.4 Å². The molecule has 0 aliphatic carbocycles. The zero-order valence-electron chi connectivity index (χ0n) is 16.8. The topological polar surface area (TPSA) is 89.5 Å². The van der Waals surface area contributed by atoms with Crippen LogP contribution in [0.25, 0.3) is 0 Å². The maximum atomic E-state index is 12.7. The van der Waals surface area contributed by atoms with Crippen molar-refractivity contribution in [2.75, 3.05) is 33.8 Å². The Hall–Kier alpha value is -2.26. The van der Waals surface area contributed by atoms with E-state index >= 15 is 0 Å². The Morgan fingerprint density at radius 2 is 2.14 bits per heavy atom. The van der Waals surface area contributed by atoms with E-state index in [9.17, 15) is 4.79 Å². The average Bonchev–Trinajstić information content (AvgIpc) is 3.41. The molecule has 0 N–H and O–H groups in total. The molecule has 4 rings (SSSR count). The van der Waals surface area contributed by atoms with E-state index in [-0.39, 0.29) is 17.4 Å². The molecule has 4 heterocycles. The van der Waals surface area contributed by atoms with E-state index in [0.717, 1.165) is 45.4 Å². The van der Waals surface area contributed by atoms with Crippen molar-refractivity contribution in [1.29, 1.82) is 0 Å². The number of amides is 1. The van der Waals surface area contributed by atoms with Crippen LogP contribution in [0.1, 0.15) is 54.5 Å². The smallest absolute Gasteiger partial charge is 0.274 e. The molecule has 2 aliphatic rings. The fraction of sp³-hybridized carbons (Fsp3) is 0.684. The van der Waals surface area contributed by atoms with Crippen molar-refractivity contribution >= 4 is 5.91 Å². The van der Waals surface area contributed by atoms with Gasteiger partial charge in [-0.15, -0.1) is 10.2 Å². The Balaban J connectivity index is 1.39. The molecule has 0 bridgehead atoms. The number of aryl methyl sites for hydroxylation is 1. The molecule has 0 saturated carbocycles. The number of hydrogen-bond donors (Lipinski definition) is 0. The fourth-order valence-corrected chi connectivity index (χ4v) is 4.49. The van der Waals surface area contributed by atoms with E-state index < -0.39 is 0 Å². The monoisotopic (exact) mass is 388 g/mol. The number of carbonyl (C=O) groups excluding carboxylic acids is 1. The Kier molecular flexibility index (Phi) is 5.20. The normalized spacial score (nSPS) is 22.2. The summed E-state index contributed by atoms with van der Waals surface area (Å²) in [4.78, 5) is 17.0. The molecule has 1 atom stereocenters. The van der Waals surface area contributed by atoms with Crippen LogP contribution in [-0.2, 0) is 17.9 Å². The van der Waals surface area contributed by atoms with Gasteiger partial charge in [0.1, 0.15) is 12.3 Å². The molecule has 2 aromatic heterocycles. The van der Waals surface area contributed by atoms with Gasteiger partial charge in [0.2, 0.25) is 11.8 Å². The summed E-state index contributed by atoms with van der Waals surface area (Å²) in [5.41, 5.74) is 0.727. The molecule has 2 fully saturated rings. The van der Waals surface area contributed by atoms with Gasteiger partial charge in [0.15, 0.2) is 0 Å². The van der Waals surface area contributed by atoms with Crippen LogP contribution in [-0.4, -0.2) is 69.5 Å². The highest BCUT2D eigenvalue weighted by Crippen LogP contribution is 2.48. The molecule has 28 heavy (non-hydrogen) atoms. The number of rotatable bonds is 5. The lowest BCUT2D eigenvalue weighted by molar-refractivity contribution is 0.0586. The van der Waals surface area contributed by atoms with Gasteiger partial charge in [0.05, 0.1) is 6.04 Å². The third-order valence-electron chi connectivity index (χ3n) is 6.07. The standard InChI is InChI=1S/C19H28N6O3/c1-4-25-8-5-14(22-25)18(26)24-9-6-19(7-10-24)11-15(23(2)13-19)17-21-20-16(28-17)12-27-3/h5,8,15H,4,6-7,9-13H2,1-3H3. The lowest BCUT2D eigenvalue weighted by Gasteiger charge is -2.39. The Bertz CT molecular complexity index is 823. The molecule has 2 saturated heterocycles. The molecule has 9 nitrogen and oxygen atoms in total. The third kappa shape index (κ3) is 3.56.